The molecule has 0 bridgehead atoms. The predicted octanol–water partition coefficient (Wildman–Crippen LogP) is 6.81. The minimum Gasteiger partial charge on any atom is -0.485 e. The fourth-order valence-electron chi connectivity index (χ4n) is 3.97. The molecule has 184 valence electrons. The number of benzene rings is 4. The molecule has 5 nitrogen and oxygen atoms in total. The first-order valence-corrected chi connectivity index (χ1v) is 12.1. The van der Waals surface area contributed by atoms with Gasteiger partial charge in [0, 0.05) is 5.56 Å². The second-order valence-corrected chi connectivity index (χ2v) is 8.84. The fourth-order valence-corrected chi connectivity index (χ4v) is 3.97. The lowest BCUT2D eigenvalue weighted by atomic mass is 10.1. The highest BCUT2D eigenvalue weighted by atomic mass is 16.6. The summed E-state index contributed by atoms with van der Waals surface area (Å²) >= 11 is 0. The zero-order chi connectivity index (χ0) is 25.6. The number of nitrogens with zero attached hydrogens (tertiary/aromatic N) is 1. The molecule has 0 amide bonds. The molecular formula is C32H27NO4. The molecule has 0 N–H and O–H groups in total. The van der Waals surface area contributed by atoms with E-state index in [4.69, 9.17) is 14.2 Å². The molecule has 5 rings (SSSR count). The first-order chi connectivity index (χ1) is 18.1. The molecule has 37 heavy (non-hydrogen) atoms. The molecular weight excluding hydrogens is 462 g/mol. The molecule has 0 saturated heterocycles. The van der Waals surface area contributed by atoms with Crippen molar-refractivity contribution in [1.82, 2.24) is 0 Å². The highest BCUT2D eigenvalue weighted by Gasteiger charge is 2.24. The minimum atomic E-state index is -0.485. The van der Waals surface area contributed by atoms with Crippen LogP contribution < -0.4 is 9.47 Å². The summed E-state index contributed by atoms with van der Waals surface area (Å²) in [6.45, 7) is 4.94. The van der Waals surface area contributed by atoms with E-state index in [1.807, 2.05) is 78.9 Å². The van der Waals surface area contributed by atoms with Crippen LogP contribution in [-0.4, -0.2) is 11.9 Å². The number of aryl methyl sites for hydroxylation is 2. The van der Waals surface area contributed by atoms with Crippen molar-refractivity contribution in [2.75, 3.05) is 0 Å². The van der Waals surface area contributed by atoms with Crippen LogP contribution in [0.25, 0.3) is 6.08 Å². The van der Waals surface area contributed by atoms with Gasteiger partial charge >= 0.3 is 5.97 Å². The average Bonchev–Trinajstić information content (AvgIpc) is 3.29. The summed E-state index contributed by atoms with van der Waals surface area (Å²) in [6.07, 6.45) is 1.70. The number of hydrogen-bond acceptors (Lipinski definition) is 5. The van der Waals surface area contributed by atoms with Crippen molar-refractivity contribution in [3.63, 3.8) is 0 Å². The van der Waals surface area contributed by atoms with E-state index in [0.717, 1.165) is 33.4 Å². The van der Waals surface area contributed by atoms with Gasteiger partial charge in [-0.2, -0.15) is 0 Å². The maximum atomic E-state index is 12.5. The standard InChI is InChI=1S/C32H27NO4/c1-22-10-6-8-14-26(22)20-35-29-17-16-24(19-30(29)36-21-27-15-9-7-11-23(27)2)18-28-32(34)37-31(33-28)25-12-4-3-5-13-25/h3-19H,20-21H2,1-2H3/b28-18-. The lowest BCUT2D eigenvalue weighted by Crippen LogP contribution is -2.05. The van der Waals surface area contributed by atoms with Crippen LogP contribution in [0.2, 0.25) is 0 Å². The molecule has 4 aromatic rings. The average molecular weight is 490 g/mol. The molecule has 0 spiro atoms. The van der Waals surface area contributed by atoms with Gasteiger partial charge < -0.3 is 14.2 Å². The molecule has 4 aromatic carbocycles. The van der Waals surface area contributed by atoms with E-state index in [9.17, 15) is 4.79 Å². The van der Waals surface area contributed by atoms with Crippen LogP contribution >= 0.6 is 0 Å². The second-order valence-electron chi connectivity index (χ2n) is 8.84. The number of cyclic esters (lactones) is 1. The Morgan fingerprint density at radius 2 is 1.32 bits per heavy atom. The Kier molecular flexibility index (Phi) is 7.13. The zero-order valence-electron chi connectivity index (χ0n) is 20.8. The Morgan fingerprint density at radius 1 is 0.730 bits per heavy atom. The third kappa shape index (κ3) is 5.78. The quantitative estimate of drug-likeness (QED) is 0.202. The van der Waals surface area contributed by atoms with Crippen LogP contribution in [0.4, 0.5) is 0 Å². The Labute approximate surface area is 216 Å². The van der Waals surface area contributed by atoms with Gasteiger partial charge in [-0.1, -0.05) is 72.8 Å². The van der Waals surface area contributed by atoms with E-state index < -0.39 is 5.97 Å². The summed E-state index contributed by atoms with van der Waals surface area (Å²) in [5.74, 6) is 1.03. The highest BCUT2D eigenvalue weighted by Crippen LogP contribution is 2.32. The Balaban J connectivity index is 1.42. The van der Waals surface area contributed by atoms with Gasteiger partial charge in [0.25, 0.3) is 0 Å². The van der Waals surface area contributed by atoms with Crippen molar-refractivity contribution < 1.29 is 19.0 Å². The second kappa shape index (κ2) is 11.0. The number of ether oxygens (including phenoxy) is 3. The maximum absolute atomic E-state index is 12.5. The van der Waals surface area contributed by atoms with Crippen molar-refractivity contribution in [2.24, 2.45) is 4.99 Å². The van der Waals surface area contributed by atoms with Gasteiger partial charge in [-0.15, -0.1) is 0 Å². The molecule has 0 aromatic heterocycles. The van der Waals surface area contributed by atoms with Crippen LogP contribution in [0, 0.1) is 13.8 Å². The maximum Gasteiger partial charge on any atom is 0.363 e. The van der Waals surface area contributed by atoms with E-state index >= 15 is 0 Å². The summed E-state index contributed by atoms with van der Waals surface area (Å²) in [4.78, 5) is 16.9. The van der Waals surface area contributed by atoms with Crippen molar-refractivity contribution in [2.45, 2.75) is 27.1 Å². The Morgan fingerprint density at radius 3 is 1.97 bits per heavy atom. The Bertz CT molecular complexity index is 1490. The van der Waals surface area contributed by atoms with Gasteiger partial charge in [-0.3, -0.25) is 0 Å². The summed E-state index contributed by atoms with van der Waals surface area (Å²) in [6, 6.07) is 31.2. The lowest BCUT2D eigenvalue weighted by Gasteiger charge is -2.15. The van der Waals surface area contributed by atoms with Gasteiger partial charge in [-0.25, -0.2) is 9.79 Å². The molecule has 0 radical (unpaired) electrons. The zero-order valence-corrected chi connectivity index (χ0v) is 20.8. The smallest absolute Gasteiger partial charge is 0.363 e. The molecule has 0 aliphatic carbocycles. The summed E-state index contributed by atoms with van der Waals surface area (Å²) < 4.78 is 17.8. The van der Waals surface area contributed by atoms with E-state index in [2.05, 4.69) is 37.0 Å². The number of carbonyl (C=O) groups excluding carboxylic acids is 1. The van der Waals surface area contributed by atoms with Crippen molar-refractivity contribution in [3.05, 3.63) is 136 Å². The number of hydrogen-bond donors (Lipinski definition) is 0. The summed E-state index contributed by atoms with van der Waals surface area (Å²) in [7, 11) is 0. The van der Waals surface area contributed by atoms with E-state index in [0.29, 0.717) is 30.6 Å². The third-order valence-corrected chi connectivity index (χ3v) is 6.20. The van der Waals surface area contributed by atoms with Crippen LogP contribution in [0.3, 0.4) is 0 Å². The number of rotatable bonds is 8. The van der Waals surface area contributed by atoms with Gasteiger partial charge in [0.2, 0.25) is 5.90 Å². The largest absolute Gasteiger partial charge is 0.485 e. The van der Waals surface area contributed by atoms with Crippen molar-refractivity contribution in [1.29, 1.82) is 0 Å². The minimum absolute atomic E-state index is 0.234. The molecule has 5 heteroatoms. The Hall–Kier alpha value is -4.64. The third-order valence-electron chi connectivity index (χ3n) is 6.20. The van der Waals surface area contributed by atoms with Gasteiger partial charge in [0.15, 0.2) is 17.2 Å². The lowest BCUT2D eigenvalue weighted by molar-refractivity contribution is -0.129. The molecule has 0 saturated carbocycles. The van der Waals surface area contributed by atoms with Crippen molar-refractivity contribution in [3.8, 4) is 11.5 Å². The highest BCUT2D eigenvalue weighted by molar-refractivity contribution is 6.12. The normalized spacial score (nSPS) is 13.8. The van der Waals surface area contributed by atoms with Crippen LogP contribution in [-0.2, 0) is 22.7 Å². The number of esters is 1. The van der Waals surface area contributed by atoms with E-state index in [1.54, 1.807) is 6.08 Å². The van der Waals surface area contributed by atoms with Gasteiger partial charge in [0.05, 0.1) is 0 Å². The van der Waals surface area contributed by atoms with E-state index in [-0.39, 0.29) is 5.70 Å². The monoisotopic (exact) mass is 489 g/mol. The molecule has 1 aliphatic heterocycles. The molecule has 0 fully saturated rings. The molecule has 0 unspecified atom stereocenters. The van der Waals surface area contributed by atoms with E-state index in [1.165, 1.54) is 0 Å². The molecule has 1 heterocycles. The summed E-state index contributed by atoms with van der Waals surface area (Å²) in [5.41, 5.74) is 6.26. The van der Waals surface area contributed by atoms with Gasteiger partial charge in [0.1, 0.15) is 13.2 Å². The van der Waals surface area contributed by atoms with Crippen LogP contribution in [0.1, 0.15) is 33.4 Å². The summed E-state index contributed by atoms with van der Waals surface area (Å²) in [5, 5.41) is 0. The van der Waals surface area contributed by atoms with Crippen molar-refractivity contribution >= 4 is 17.9 Å². The van der Waals surface area contributed by atoms with Gasteiger partial charge in [-0.05, 0) is 72.0 Å². The topological polar surface area (TPSA) is 57.1 Å². The first-order valence-electron chi connectivity index (χ1n) is 12.1. The van der Waals surface area contributed by atoms with Crippen LogP contribution in [0.15, 0.2) is 108 Å². The number of carbonyl (C=O) groups is 1. The predicted molar refractivity (Wildman–Crippen MR) is 145 cm³/mol. The first kappa shape index (κ1) is 24.1. The SMILES string of the molecule is Cc1ccccc1COc1ccc(/C=C2\N=C(c3ccccc3)OC2=O)cc1OCc1ccccc1C. The molecule has 1 aliphatic rings. The number of aliphatic imine (C=N–C) groups is 1. The van der Waals surface area contributed by atoms with Crippen LogP contribution in [0.5, 0.6) is 11.5 Å². The molecule has 0 atom stereocenters. The fraction of sp³-hybridized carbons (Fsp3) is 0.125.